The fourth-order valence-corrected chi connectivity index (χ4v) is 2.83. The molecule has 9 heteroatoms. The van der Waals surface area contributed by atoms with Crippen LogP contribution >= 0.6 is 0 Å². The Balaban J connectivity index is 2.21. The summed E-state index contributed by atoms with van der Waals surface area (Å²) in [4.78, 5) is 4.06. The number of pyridine rings is 1. The molecule has 1 N–H and O–H groups in total. The van der Waals surface area contributed by atoms with E-state index in [2.05, 4.69) is 15.0 Å². The molecule has 0 bridgehead atoms. The number of sulfone groups is 1. The fourth-order valence-electron chi connectivity index (χ4n) is 2.03. The number of methoxy groups -OCH3 is 1. The molecule has 0 saturated carbocycles. The van der Waals surface area contributed by atoms with E-state index >= 15 is 0 Å². The third kappa shape index (κ3) is 4.54. The fraction of sp³-hybridized carbons (Fsp3) is 0.267. The van der Waals surface area contributed by atoms with E-state index in [1.807, 2.05) is 0 Å². The van der Waals surface area contributed by atoms with Crippen molar-refractivity contribution in [3.05, 3.63) is 42.1 Å². The van der Waals surface area contributed by atoms with Crippen molar-refractivity contribution in [1.82, 2.24) is 4.98 Å². The molecule has 6 nitrogen and oxygen atoms in total. The Bertz CT molecular complexity index is 813. The number of rotatable bonds is 7. The second-order valence-electron chi connectivity index (χ2n) is 4.84. The van der Waals surface area contributed by atoms with E-state index < -0.39 is 16.4 Å². The molecule has 0 unspecified atom stereocenters. The molecule has 130 valence electrons. The van der Waals surface area contributed by atoms with Crippen molar-refractivity contribution in [2.45, 2.75) is 18.1 Å². The molecule has 2 aromatic rings. The van der Waals surface area contributed by atoms with Crippen molar-refractivity contribution in [2.75, 3.05) is 18.7 Å². The predicted molar refractivity (Wildman–Crippen MR) is 84.3 cm³/mol. The number of anilines is 1. The van der Waals surface area contributed by atoms with Gasteiger partial charge in [-0.05, 0) is 29.8 Å². The first-order chi connectivity index (χ1) is 11.3. The predicted octanol–water partition coefficient (Wildman–Crippen LogP) is 2.71. The highest BCUT2D eigenvalue weighted by atomic mass is 32.2. The minimum atomic E-state index is -3.44. The Kier molecular flexibility index (Phi) is 5.55. The van der Waals surface area contributed by atoms with Gasteiger partial charge in [-0.2, -0.15) is 8.78 Å². The lowest BCUT2D eigenvalue weighted by Gasteiger charge is -2.13. The Morgan fingerprint density at radius 1 is 1.25 bits per heavy atom. The molecular weight excluding hydrogens is 342 g/mol. The standard InChI is InChI=1S/C15H16F2N2O4S/c1-22-11-6-5-10(8-12(11)23-15(16)17)9-19-14-13(24(2,20)21)4-3-7-18-14/h3-8,15H,9H2,1-2H3,(H,18,19). The number of nitrogens with one attached hydrogen (secondary N) is 1. The molecule has 0 radical (unpaired) electrons. The highest BCUT2D eigenvalue weighted by molar-refractivity contribution is 7.90. The molecule has 0 amide bonds. The summed E-state index contributed by atoms with van der Waals surface area (Å²) in [5.74, 6) is 0.261. The third-order valence-corrected chi connectivity index (χ3v) is 4.20. The second kappa shape index (κ2) is 7.43. The molecule has 0 aliphatic carbocycles. The van der Waals surface area contributed by atoms with E-state index in [9.17, 15) is 17.2 Å². The SMILES string of the molecule is COc1ccc(CNc2ncccc2S(C)(=O)=O)cc1OC(F)F. The maximum absolute atomic E-state index is 12.4. The number of ether oxygens (including phenoxy) is 2. The van der Waals surface area contributed by atoms with Crippen LogP contribution in [-0.4, -0.2) is 33.4 Å². The Morgan fingerprint density at radius 2 is 2.00 bits per heavy atom. The molecule has 0 aliphatic heterocycles. The number of alkyl halides is 2. The zero-order valence-electron chi connectivity index (χ0n) is 13.0. The van der Waals surface area contributed by atoms with Crippen LogP contribution in [0.25, 0.3) is 0 Å². The number of hydrogen-bond donors (Lipinski definition) is 1. The highest BCUT2D eigenvalue weighted by Gasteiger charge is 2.15. The summed E-state index contributed by atoms with van der Waals surface area (Å²) in [5, 5.41) is 2.88. The van der Waals surface area contributed by atoms with Crippen molar-refractivity contribution < 1.29 is 26.7 Å². The van der Waals surface area contributed by atoms with E-state index in [0.717, 1.165) is 6.26 Å². The molecule has 0 atom stereocenters. The van der Waals surface area contributed by atoms with Crippen LogP contribution in [-0.2, 0) is 16.4 Å². The summed E-state index contributed by atoms with van der Waals surface area (Å²) in [5.41, 5.74) is 0.594. The van der Waals surface area contributed by atoms with Crippen LogP contribution in [0.1, 0.15) is 5.56 Å². The molecule has 0 spiro atoms. The number of aromatic nitrogens is 1. The van der Waals surface area contributed by atoms with Gasteiger partial charge in [0.05, 0.1) is 7.11 Å². The third-order valence-electron chi connectivity index (χ3n) is 3.07. The van der Waals surface area contributed by atoms with Crippen LogP contribution in [0.2, 0.25) is 0 Å². The highest BCUT2D eigenvalue weighted by Crippen LogP contribution is 2.30. The first-order valence-corrected chi connectivity index (χ1v) is 8.71. The van der Waals surface area contributed by atoms with Crippen LogP contribution in [0.3, 0.4) is 0 Å². The summed E-state index contributed by atoms with van der Waals surface area (Å²) in [7, 11) is -2.10. The van der Waals surface area contributed by atoms with Gasteiger partial charge in [-0.15, -0.1) is 0 Å². The Hall–Kier alpha value is -2.42. The van der Waals surface area contributed by atoms with Crippen LogP contribution in [0.15, 0.2) is 41.4 Å². The quantitative estimate of drug-likeness (QED) is 0.820. The van der Waals surface area contributed by atoms with E-state index in [1.165, 1.54) is 37.6 Å². The maximum Gasteiger partial charge on any atom is 0.387 e. The average Bonchev–Trinajstić information content (AvgIpc) is 2.52. The molecule has 0 saturated heterocycles. The molecule has 1 aromatic heterocycles. The molecule has 1 aromatic carbocycles. The normalized spacial score (nSPS) is 11.4. The largest absolute Gasteiger partial charge is 0.493 e. The van der Waals surface area contributed by atoms with Gasteiger partial charge < -0.3 is 14.8 Å². The van der Waals surface area contributed by atoms with Crippen molar-refractivity contribution in [2.24, 2.45) is 0 Å². The number of halogens is 2. The van der Waals surface area contributed by atoms with Crippen molar-refractivity contribution in [3.63, 3.8) is 0 Å². The van der Waals surface area contributed by atoms with Gasteiger partial charge in [0.1, 0.15) is 10.7 Å². The summed E-state index contributed by atoms with van der Waals surface area (Å²) in [6.07, 6.45) is 2.54. The Labute approximate surface area is 138 Å². The number of hydrogen-bond acceptors (Lipinski definition) is 6. The first kappa shape index (κ1) is 17.9. The molecule has 0 fully saturated rings. The molecule has 2 rings (SSSR count). The lowest BCUT2D eigenvalue weighted by Crippen LogP contribution is -2.09. The lowest BCUT2D eigenvalue weighted by molar-refractivity contribution is -0.0512. The minimum Gasteiger partial charge on any atom is -0.493 e. The van der Waals surface area contributed by atoms with E-state index in [-0.39, 0.29) is 28.8 Å². The molecule has 0 aliphatic rings. The monoisotopic (exact) mass is 358 g/mol. The van der Waals surface area contributed by atoms with Gasteiger partial charge in [-0.1, -0.05) is 6.07 Å². The Morgan fingerprint density at radius 3 is 2.62 bits per heavy atom. The van der Waals surface area contributed by atoms with Gasteiger partial charge in [0.2, 0.25) is 0 Å². The lowest BCUT2D eigenvalue weighted by atomic mass is 10.2. The van der Waals surface area contributed by atoms with Gasteiger partial charge >= 0.3 is 6.61 Å². The molecule has 24 heavy (non-hydrogen) atoms. The van der Waals surface area contributed by atoms with Crippen molar-refractivity contribution in [3.8, 4) is 11.5 Å². The van der Waals surface area contributed by atoms with Crippen LogP contribution in [0.4, 0.5) is 14.6 Å². The number of benzene rings is 1. The van der Waals surface area contributed by atoms with Crippen molar-refractivity contribution >= 4 is 15.7 Å². The first-order valence-electron chi connectivity index (χ1n) is 6.82. The second-order valence-corrected chi connectivity index (χ2v) is 6.82. The molecular formula is C15H16F2N2O4S. The van der Waals surface area contributed by atoms with Gasteiger partial charge in [0, 0.05) is 19.0 Å². The summed E-state index contributed by atoms with van der Waals surface area (Å²) in [6.45, 7) is -2.81. The van der Waals surface area contributed by atoms with E-state index in [1.54, 1.807) is 6.07 Å². The van der Waals surface area contributed by atoms with Crippen molar-refractivity contribution in [1.29, 1.82) is 0 Å². The summed E-state index contributed by atoms with van der Waals surface area (Å²) < 4.78 is 57.7. The van der Waals surface area contributed by atoms with E-state index in [0.29, 0.717) is 5.56 Å². The van der Waals surface area contributed by atoms with Crippen LogP contribution < -0.4 is 14.8 Å². The van der Waals surface area contributed by atoms with Gasteiger partial charge in [-0.25, -0.2) is 13.4 Å². The average molecular weight is 358 g/mol. The van der Waals surface area contributed by atoms with Gasteiger partial charge in [0.15, 0.2) is 21.3 Å². The summed E-state index contributed by atoms with van der Waals surface area (Å²) in [6, 6.07) is 7.48. The zero-order valence-corrected chi connectivity index (χ0v) is 13.8. The topological polar surface area (TPSA) is 77.5 Å². The zero-order chi connectivity index (χ0) is 17.7. The maximum atomic E-state index is 12.4. The smallest absolute Gasteiger partial charge is 0.387 e. The van der Waals surface area contributed by atoms with Gasteiger partial charge in [-0.3, -0.25) is 0 Å². The van der Waals surface area contributed by atoms with Gasteiger partial charge in [0.25, 0.3) is 0 Å². The van der Waals surface area contributed by atoms with E-state index in [4.69, 9.17) is 4.74 Å². The number of nitrogens with zero attached hydrogens (tertiary/aromatic N) is 1. The minimum absolute atomic E-state index is 0.0579. The summed E-state index contributed by atoms with van der Waals surface area (Å²) >= 11 is 0. The molecule has 1 heterocycles. The van der Waals surface area contributed by atoms with Crippen LogP contribution in [0, 0.1) is 0 Å². The van der Waals surface area contributed by atoms with Crippen LogP contribution in [0.5, 0.6) is 11.5 Å².